The van der Waals surface area contributed by atoms with Gasteiger partial charge in [-0.05, 0) is 36.6 Å². The van der Waals surface area contributed by atoms with Crippen molar-refractivity contribution >= 4 is 0 Å². The van der Waals surface area contributed by atoms with Gasteiger partial charge in [-0.3, -0.25) is 0 Å². The van der Waals surface area contributed by atoms with E-state index in [1.807, 2.05) is 0 Å². The van der Waals surface area contributed by atoms with E-state index >= 15 is 0 Å². The molecule has 1 aliphatic heterocycles. The van der Waals surface area contributed by atoms with E-state index < -0.39 is 18.4 Å². The zero-order valence-corrected chi connectivity index (χ0v) is 11.1. The Kier molecular flexibility index (Phi) is 4.52. The van der Waals surface area contributed by atoms with Crippen LogP contribution in [0.4, 0.5) is 17.6 Å². The van der Waals surface area contributed by atoms with Crippen LogP contribution in [0.25, 0.3) is 0 Å². The monoisotopic (exact) mass is 291 g/mol. The third-order valence-electron chi connectivity index (χ3n) is 3.35. The Balaban J connectivity index is 2.34. The molecule has 6 heteroatoms. The smallest absolute Gasteiger partial charge is 0.326 e. The molecule has 1 aromatic rings. The van der Waals surface area contributed by atoms with Crippen LogP contribution in [0.15, 0.2) is 18.2 Å². The van der Waals surface area contributed by atoms with Gasteiger partial charge in [0.15, 0.2) is 0 Å². The molecule has 0 aliphatic carbocycles. The summed E-state index contributed by atoms with van der Waals surface area (Å²) in [6.45, 7) is 2.38. The van der Waals surface area contributed by atoms with Crippen LogP contribution in [-0.4, -0.2) is 25.5 Å². The minimum Gasteiger partial charge on any atom is -0.493 e. The molecular weight excluding hydrogens is 274 g/mol. The standard InChI is InChI=1S/C14H17F4NO/c1-2-19-12(14(17,18)13(15)16)10-5-6-11-9(8-10)4-3-7-20-11/h5-6,8,12-13,19H,2-4,7H2,1H3. The Labute approximate surface area is 115 Å². The highest BCUT2D eigenvalue weighted by molar-refractivity contribution is 5.40. The number of nitrogens with one attached hydrogen (secondary N) is 1. The van der Waals surface area contributed by atoms with Gasteiger partial charge >= 0.3 is 12.3 Å². The Morgan fingerprint density at radius 2 is 2.10 bits per heavy atom. The fourth-order valence-corrected chi connectivity index (χ4v) is 2.37. The molecule has 1 N–H and O–H groups in total. The number of hydrogen-bond acceptors (Lipinski definition) is 2. The first kappa shape index (κ1) is 15.1. The molecule has 0 saturated heterocycles. The maximum atomic E-state index is 13.7. The Hall–Kier alpha value is -1.30. The normalized spacial score (nSPS) is 16.7. The Morgan fingerprint density at radius 3 is 2.75 bits per heavy atom. The molecule has 1 aliphatic rings. The van der Waals surface area contributed by atoms with E-state index in [4.69, 9.17) is 4.74 Å². The summed E-state index contributed by atoms with van der Waals surface area (Å²) < 4.78 is 57.9. The van der Waals surface area contributed by atoms with Crippen LogP contribution < -0.4 is 10.1 Å². The number of halogens is 4. The summed E-state index contributed by atoms with van der Waals surface area (Å²) in [4.78, 5) is 0. The van der Waals surface area contributed by atoms with E-state index in [2.05, 4.69) is 5.32 Å². The molecule has 1 unspecified atom stereocenters. The van der Waals surface area contributed by atoms with Gasteiger partial charge in [0.05, 0.1) is 6.61 Å². The predicted molar refractivity (Wildman–Crippen MR) is 67.6 cm³/mol. The van der Waals surface area contributed by atoms with E-state index in [9.17, 15) is 17.6 Å². The number of rotatable bonds is 5. The van der Waals surface area contributed by atoms with Crippen LogP contribution in [0.3, 0.4) is 0 Å². The van der Waals surface area contributed by atoms with Crippen molar-refractivity contribution in [2.45, 2.75) is 38.2 Å². The zero-order valence-electron chi connectivity index (χ0n) is 11.1. The molecule has 1 atom stereocenters. The average molecular weight is 291 g/mol. The highest BCUT2D eigenvalue weighted by atomic mass is 19.3. The molecule has 0 fully saturated rings. The highest BCUT2D eigenvalue weighted by Crippen LogP contribution is 2.38. The van der Waals surface area contributed by atoms with Crippen molar-refractivity contribution < 1.29 is 22.3 Å². The fourth-order valence-electron chi connectivity index (χ4n) is 2.37. The fraction of sp³-hybridized carbons (Fsp3) is 0.571. The first-order valence-corrected chi connectivity index (χ1v) is 6.61. The SMILES string of the molecule is CCNC(c1ccc2c(c1)CCCO2)C(F)(F)C(F)F. The summed E-state index contributed by atoms with van der Waals surface area (Å²) >= 11 is 0. The number of hydrogen-bond donors (Lipinski definition) is 1. The second kappa shape index (κ2) is 5.99. The van der Waals surface area contributed by atoms with Crippen LogP contribution >= 0.6 is 0 Å². The van der Waals surface area contributed by atoms with Gasteiger partial charge in [0.2, 0.25) is 0 Å². The van der Waals surface area contributed by atoms with Gasteiger partial charge in [0, 0.05) is 0 Å². The second-order valence-electron chi connectivity index (χ2n) is 4.79. The molecule has 1 heterocycles. The zero-order chi connectivity index (χ0) is 14.8. The molecule has 0 spiro atoms. The summed E-state index contributed by atoms with van der Waals surface area (Å²) in [6, 6.07) is 2.85. The van der Waals surface area contributed by atoms with Crippen molar-refractivity contribution in [2.24, 2.45) is 0 Å². The summed E-state index contributed by atoms with van der Waals surface area (Å²) in [5.41, 5.74) is 0.961. The average Bonchev–Trinajstić information content (AvgIpc) is 2.44. The Morgan fingerprint density at radius 1 is 1.35 bits per heavy atom. The molecule has 0 aromatic heterocycles. The van der Waals surface area contributed by atoms with Gasteiger partial charge in [0.1, 0.15) is 11.8 Å². The molecule has 2 nitrogen and oxygen atoms in total. The lowest BCUT2D eigenvalue weighted by molar-refractivity contribution is -0.151. The molecule has 0 bridgehead atoms. The van der Waals surface area contributed by atoms with E-state index in [1.54, 1.807) is 13.0 Å². The second-order valence-corrected chi connectivity index (χ2v) is 4.79. The summed E-state index contributed by atoms with van der Waals surface area (Å²) in [7, 11) is 0. The number of aryl methyl sites for hydroxylation is 1. The van der Waals surface area contributed by atoms with Crippen LogP contribution in [0.5, 0.6) is 5.75 Å². The molecule has 20 heavy (non-hydrogen) atoms. The lowest BCUT2D eigenvalue weighted by Gasteiger charge is -2.28. The van der Waals surface area contributed by atoms with Crippen molar-refractivity contribution in [1.82, 2.24) is 5.32 Å². The molecular formula is C14H17F4NO. The van der Waals surface area contributed by atoms with Crippen molar-refractivity contribution in [3.05, 3.63) is 29.3 Å². The van der Waals surface area contributed by atoms with Gasteiger partial charge in [-0.15, -0.1) is 0 Å². The number of alkyl halides is 4. The van der Waals surface area contributed by atoms with Crippen LogP contribution in [-0.2, 0) is 6.42 Å². The third kappa shape index (κ3) is 2.90. The van der Waals surface area contributed by atoms with E-state index in [0.29, 0.717) is 18.8 Å². The van der Waals surface area contributed by atoms with E-state index in [0.717, 1.165) is 12.0 Å². The van der Waals surface area contributed by atoms with Gasteiger partial charge in [0.25, 0.3) is 0 Å². The van der Waals surface area contributed by atoms with Gasteiger partial charge in [-0.25, -0.2) is 8.78 Å². The van der Waals surface area contributed by atoms with Crippen molar-refractivity contribution in [3.63, 3.8) is 0 Å². The highest BCUT2D eigenvalue weighted by Gasteiger charge is 2.49. The molecule has 2 rings (SSSR count). The lowest BCUT2D eigenvalue weighted by atomic mass is 9.96. The minimum absolute atomic E-state index is 0.168. The van der Waals surface area contributed by atoms with Gasteiger partial charge in [-0.1, -0.05) is 19.1 Å². The predicted octanol–water partition coefficient (Wildman–Crippen LogP) is 3.56. The molecule has 112 valence electrons. The quantitative estimate of drug-likeness (QED) is 0.838. The van der Waals surface area contributed by atoms with Crippen molar-refractivity contribution in [2.75, 3.05) is 13.2 Å². The maximum absolute atomic E-state index is 13.7. The van der Waals surface area contributed by atoms with Crippen LogP contribution in [0.1, 0.15) is 30.5 Å². The van der Waals surface area contributed by atoms with Gasteiger partial charge < -0.3 is 10.1 Å². The molecule has 0 saturated carbocycles. The summed E-state index contributed by atoms with van der Waals surface area (Å²) in [5.74, 6) is -3.46. The first-order chi connectivity index (χ1) is 9.46. The number of ether oxygens (including phenoxy) is 1. The van der Waals surface area contributed by atoms with Crippen molar-refractivity contribution in [1.29, 1.82) is 0 Å². The van der Waals surface area contributed by atoms with Gasteiger partial charge in [-0.2, -0.15) is 8.78 Å². The van der Waals surface area contributed by atoms with E-state index in [-0.39, 0.29) is 12.1 Å². The largest absolute Gasteiger partial charge is 0.493 e. The third-order valence-corrected chi connectivity index (χ3v) is 3.35. The molecule has 0 amide bonds. The molecule has 0 radical (unpaired) electrons. The molecule has 1 aromatic carbocycles. The number of benzene rings is 1. The van der Waals surface area contributed by atoms with Crippen LogP contribution in [0.2, 0.25) is 0 Å². The van der Waals surface area contributed by atoms with Crippen LogP contribution in [0, 0.1) is 0 Å². The Bertz CT molecular complexity index is 464. The lowest BCUT2D eigenvalue weighted by Crippen LogP contribution is -2.42. The minimum atomic E-state index is -4.11. The number of fused-ring (bicyclic) bond motifs is 1. The van der Waals surface area contributed by atoms with E-state index in [1.165, 1.54) is 12.1 Å². The topological polar surface area (TPSA) is 21.3 Å². The maximum Gasteiger partial charge on any atom is 0.326 e. The summed E-state index contributed by atoms with van der Waals surface area (Å²) in [5, 5.41) is 2.46. The van der Waals surface area contributed by atoms with Crippen molar-refractivity contribution in [3.8, 4) is 5.75 Å². The first-order valence-electron chi connectivity index (χ1n) is 6.61. The summed E-state index contributed by atoms with van der Waals surface area (Å²) in [6.07, 6.45) is -2.20.